The molecule has 0 spiro atoms. The van der Waals surface area contributed by atoms with Crippen molar-refractivity contribution in [1.82, 2.24) is 13.8 Å². The number of alkyl halides is 3. The van der Waals surface area contributed by atoms with Crippen LogP contribution in [-0.4, -0.2) is 81.2 Å². The van der Waals surface area contributed by atoms with Crippen LogP contribution in [0.5, 0.6) is 0 Å². The monoisotopic (exact) mass is 699 g/mol. The summed E-state index contributed by atoms with van der Waals surface area (Å²) in [6.45, 7) is 0.0788. The Morgan fingerprint density at radius 2 is 1.60 bits per heavy atom. The number of aromatic nitrogens is 1. The summed E-state index contributed by atoms with van der Waals surface area (Å²) >= 11 is 17.3. The minimum atomic E-state index is -4.09. The molecule has 3 aromatic rings. The number of piperidine rings is 1. The van der Waals surface area contributed by atoms with Crippen molar-refractivity contribution >= 4 is 73.9 Å². The SMILES string of the molecule is O=C(O)C(CS(=O)(=O)N1CCc2c(n(C(=O)OCC(Cl)(Cl)Cl)c3ccccc23)C1)C1CCN(C(=O)OCc2ccccc2)CC1. The highest BCUT2D eigenvalue weighted by Gasteiger charge is 2.40. The molecule has 1 N–H and O–H groups in total. The van der Waals surface area contributed by atoms with Crippen molar-refractivity contribution in [2.24, 2.45) is 11.8 Å². The van der Waals surface area contributed by atoms with E-state index in [9.17, 15) is 27.9 Å². The number of benzene rings is 2. The normalized spacial score (nSPS) is 17.1. The molecule has 1 aromatic heterocycles. The zero-order valence-corrected chi connectivity index (χ0v) is 27.2. The van der Waals surface area contributed by atoms with Crippen LogP contribution in [0.25, 0.3) is 10.9 Å². The third kappa shape index (κ3) is 7.86. The van der Waals surface area contributed by atoms with E-state index in [1.807, 2.05) is 42.5 Å². The number of ether oxygens (including phenoxy) is 2. The summed E-state index contributed by atoms with van der Waals surface area (Å²) in [6.07, 6.45) is -0.374. The van der Waals surface area contributed by atoms with E-state index >= 15 is 0 Å². The van der Waals surface area contributed by atoms with Crippen LogP contribution in [0.2, 0.25) is 0 Å². The Morgan fingerprint density at radius 3 is 2.27 bits per heavy atom. The van der Waals surface area contributed by atoms with Crippen molar-refractivity contribution in [2.45, 2.75) is 36.2 Å². The molecule has 1 atom stereocenters. The number of carbonyl (C=O) groups excluding carboxylic acids is 2. The third-order valence-corrected chi connectivity index (χ3v) is 10.4. The summed E-state index contributed by atoms with van der Waals surface area (Å²) in [5.41, 5.74) is 2.58. The van der Waals surface area contributed by atoms with E-state index < -0.39 is 56.2 Å². The average molecular weight is 701 g/mol. The number of carboxylic acid groups (broad SMARTS) is 1. The van der Waals surface area contributed by atoms with Crippen molar-refractivity contribution in [2.75, 3.05) is 32.0 Å². The second-order valence-electron chi connectivity index (χ2n) is 11.1. The maximum Gasteiger partial charge on any atom is 0.418 e. The summed E-state index contributed by atoms with van der Waals surface area (Å²) in [7, 11) is -4.09. The second-order valence-corrected chi connectivity index (χ2v) is 15.6. The predicted molar refractivity (Wildman–Crippen MR) is 169 cm³/mol. The van der Waals surface area contributed by atoms with Crippen LogP contribution in [0, 0.1) is 11.8 Å². The van der Waals surface area contributed by atoms with E-state index in [-0.39, 0.29) is 32.8 Å². The van der Waals surface area contributed by atoms with Crippen molar-refractivity contribution in [1.29, 1.82) is 0 Å². The zero-order valence-electron chi connectivity index (χ0n) is 24.1. The van der Waals surface area contributed by atoms with Crippen molar-refractivity contribution in [3.05, 3.63) is 71.4 Å². The molecule has 2 aromatic carbocycles. The van der Waals surface area contributed by atoms with Gasteiger partial charge in [-0.15, -0.1) is 0 Å². The number of rotatable bonds is 8. The number of aliphatic carboxylic acids is 1. The van der Waals surface area contributed by atoms with Crippen molar-refractivity contribution in [3.8, 4) is 0 Å². The van der Waals surface area contributed by atoms with E-state index in [1.54, 1.807) is 12.1 Å². The minimum absolute atomic E-state index is 0.116. The molecular formula is C30H32Cl3N3O8S. The quantitative estimate of drug-likeness (QED) is 0.308. The highest BCUT2D eigenvalue weighted by atomic mass is 35.6. The number of hydrogen-bond donors (Lipinski definition) is 1. The smallest absolute Gasteiger partial charge is 0.418 e. The molecule has 0 radical (unpaired) electrons. The number of carboxylic acids is 1. The van der Waals surface area contributed by atoms with E-state index in [2.05, 4.69) is 0 Å². The molecule has 1 amide bonds. The van der Waals surface area contributed by atoms with Crippen LogP contribution < -0.4 is 0 Å². The lowest BCUT2D eigenvalue weighted by Gasteiger charge is -2.35. The van der Waals surface area contributed by atoms with Gasteiger partial charge in [0.1, 0.15) is 13.2 Å². The van der Waals surface area contributed by atoms with Gasteiger partial charge in [-0.05, 0) is 42.4 Å². The van der Waals surface area contributed by atoms with E-state index in [4.69, 9.17) is 44.3 Å². The van der Waals surface area contributed by atoms with Gasteiger partial charge in [-0.25, -0.2) is 22.6 Å². The molecule has 2 aliphatic heterocycles. The minimum Gasteiger partial charge on any atom is -0.481 e. The highest BCUT2D eigenvalue weighted by Crippen LogP contribution is 2.34. The van der Waals surface area contributed by atoms with Crippen LogP contribution in [0.4, 0.5) is 9.59 Å². The molecule has 11 nitrogen and oxygen atoms in total. The Bertz CT molecular complexity index is 1670. The fourth-order valence-electron chi connectivity index (χ4n) is 5.98. The molecule has 242 valence electrons. The number of halogens is 3. The van der Waals surface area contributed by atoms with Gasteiger partial charge in [0, 0.05) is 30.7 Å². The average Bonchev–Trinajstić information content (AvgIpc) is 3.35. The Morgan fingerprint density at radius 1 is 0.933 bits per heavy atom. The number of hydrogen-bond acceptors (Lipinski definition) is 7. The van der Waals surface area contributed by atoms with Crippen LogP contribution in [-0.2, 0) is 43.9 Å². The van der Waals surface area contributed by atoms with E-state index in [0.29, 0.717) is 30.5 Å². The number of sulfonamides is 1. The molecule has 45 heavy (non-hydrogen) atoms. The van der Waals surface area contributed by atoms with Crippen LogP contribution >= 0.6 is 34.8 Å². The molecule has 0 saturated carbocycles. The van der Waals surface area contributed by atoms with Gasteiger partial charge in [0.25, 0.3) is 0 Å². The summed E-state index contributed by atoms with van der Waals surface area (Å²) in [5.74, 6) is -3.47. The lowest BCUT2D eigenvalue weighted by Crippen LogP contribution is -2.45. The number of fused-ring (bicyclic) bond motifs is 3. The number of likely N-dealkylation sites (tertiary alicyclic amines) is 1. The largest absolute Gasteiger partial charge is 0.481 e. The third-order valence-electron chi connectivity index (χ3n) is 8.24. The number of carbonyl (C=O) groups is 3. The van der Waals surface area contributed by atoms with E-state index in [1.165, 1.54) is 13.8 Å². The summed E-state index contributed by atoms with van der Waals surface area (Å²) in [6, 6.07) is 16.4. The predicted octanol–water partition coefficient (Wildman–Crippen LogP) is 5.43. The lowest BCUT2D eigenvalue weighted by molar-refractivity contribution is -0.143. The molecule has 1 fully saturated rings. The van der Waals surface area contributed by atoms with Gasteiger partial charge < -0.3 is 19.5 Å². The Labute approximate surface area is 275 Å². The zero-order chi connectivity index (χ0) is 32.4. The van der Waals surface area contributed by atoms with Gasteiger partial charge in [0.05, 0.1) is 23.7 Å². The molecule has 2 aliphatic rings. The first-order valence-electron chi connectivity index (χ1n) is 14.4. The maximum atomic E-state index is 13.7. The number of nitrogens with zero attached hydrogens (tertiary/aromatic N) is 3. The molecule has 15 heteroatoms. The van der Waals surface area contributed by atoms with Gasteiger partial charge in [0.15, 0.2) is 0 Å². The van der Waals surface area contributed by atoms with Crippen LogP contribution in [0.15, 0.2) is 54.6 Å². The lowest BCUT2D eigenvalue weighted by atomic mass is 9.85. The van der Waals surface area contributed by atoms with Crippen molar-refractivity contribution < 1.29 is 37.4 Å². The molecule has 1 saturated heterocycles. The standard InChI is InChI=1S/C30H32Cl3N3O8S/c31-30(32,33)19-44-29(40)36-25-9-5-4-8-22(25)23-12-15-35(16-26(23)36)45(41,42)18-24(27(37)38)21-10-13-34(14-11-21)28(39)43-17-20-6-2-1-3-7-20/h1-9,21,24H,10-19H2,(H,37,38). The highest BCUT2D eigenvalue weighted by molar-refractivity contribution is 7.89. The molecule has 0 bridgehead atoms. The van der Waals surface area contributed by atoms with Gasteiger partial charge in [-0.1, -0.05) is 83.3 Å². The molecule has 1 unspecified atom stereocenters. The second kappa shape index (κ2) is 13.8. The first-order chi connectivity index (χ1) is 21.3. The van der Waals surface area contributed by atoms with Gasteiger partial charge in [0.2, 0.25) is 13.8 Å². The molecule has 0 aliphatic carbocycles. The summed E-state index contributed by atoms with van der Waals surface area (Å²) in [4.78, 5) is 39.6. The Hall–Kier alpha value is -3.03. The van der Waals surface area contributed by atoms with Gasteiger partial charge in [-0.2, -0.15) is 4.31 Å². The topological polar surface area (TPSA) is 135 Å². The summed E-state index contributed by atoms with van der Waals surface area (Å²) < 4.78 is 38.7. The fourth-order valence-corrected chi connectivity index (χ4v) is 7.91. The van der Waals surface area contributed by atoms with Crippen LogP contribution in [0.3, 0.4) is 0 Å². The molecule has 5 rings (SSSR count). The number of para-hydroxylation sites is 1. The Balaban J connectivity index is 1.26. The fraction of sp³-hybridized carbons (Fsp3) is 0.433. The number of amides is 1. The van der Waals surface area contributed by atoms with E-state index in [0.717, 1.165) is 16.5 Å². The first-order valence-corrected chi connectivity index (χ1v) is 17.1. The first kappa shape index (κ1) is 33.3. The van der Waals surface area contributed by atoms with Crippen LogP contribution in [0.1, 0.15) is 29.7 Å². The maximum absolute atomic E-state index is 13.7. The van der Waals surface area contributed by atoms with Gasteiger partial charge >= 0.3 is 18.2 Å². The molecule has 3 heterocycles. The molecular weight excluding hydrogens is 669 g/mol. The van der Waals surface area contributed by atoms with Gasteiger partial charge in [-0.3, -0.25) is 4.79 Å². The van der Waals surface area contributed by atoms with Crippen molar-refractivity contribution in [3.63, 3.8) is 0 Å². The Kier molecular flexibility index (Phi) is 10.2. The summed E-state index contributed by atoms with van der Waals surface area (Å²) in [5, 5.41) is 10.9.